The Labute approximate surface area is 133 Å². The largest absolute Gasteiger partial charge is 0.508 e. The molecule has 2 aromatic carbocycles. The Hall–Kier alpha value is -1.52. The topological polar surface area (TPSA) is 52.5 Å². The maximum Gasteiger partial charge on any atom is 0.115 e. The highest BCUT2D eigenvalue weighted by Gasteiger charge is 2.22. The number of phenolic OH excluding ortho intramolecular Hbond substituents is 1. The minimum Gasteiger partial charge on any atom is -0.508 e. The van der Waals surface area contributed by atoms with Gasteiger partial charge in [-0.25, -0.2) is 0 Å². The highest BCUT2D eigenvalue weighted by atomic mass is 79.9. The molecule has 0 saturated heterocycles. The van der Waals surface area contributed by atoms with E-state index in [1.54, 1.807) is 12.1 Å². The van der Waals surface area contributed by atoms with Gasteiger partial charge in [0.2, 0.25) is 0 Å². The zero-order valence-electron chi connectivity index (χ0n) is 12.0. The Balaban J connectivity index is 2.01. The van der Waals surface area contributed by atoms with Gasteiger partial charge in [0.05, 0.1) is 12.1 Å². The molecule has 0 aromatic heterocycles. The van der Waals surface area contributed by atoms with Gasteiger partial charge in [-0.3, -0.25) is 0 Å². The summed E-state index contributed by atoms with van der Waals surface area (Å²) < 4.78 is 1.01. The molecule has 1 unspecified atom stereocenters. The molecule has 0 aliphatic rings. The zero-order chi connectivity index (χ0) is 15.3. The molecule has 4 heteroatoms. The summed E-state index contributed by atoms with van der Waals surface area (Å²) in [5.41, 5.74) is 1.73. The van der Waals surface area contributed by atoms with Crippen LogP contribution in [0.2, 0.25) is 0 Å². The number of aryl methyl sites for hydroxylation is 1. The Bertz CT molecular complexity index is 586. The molecule has 2 rings (SSSR count). The number of hydrogen-bond donors (Lipinski definition) is 3. The molecule has 0 heterocycles. The van der Waals surface area contributed by atoms with Crippen LogP contribution in [0.5, 0.6) is 5.75 Å². The van der Waals surface area contributed by atoms with Crippen LogP contribution >= 0.6 is 15.9 Å². The molecule has 0 saturated carbocycles. The second kappa shape index (κ2) is 6.96. The van der Waals surface area contributed by atoms with Crippen LogP contribution in [0.15, 0.2) is 53.0 Å². The lowest BCUT2D eigenvalue weighted by molar-refractivity contribution is 0.215. The summed E-state index contributed by atoms with van der Waals surface area (Å²) >= 11 is 3.45. The number of aliphatic hydroxyl groups is 1. The van der Waals surface area contributed by atoms with Gasteiger partial charge in [0.25, 0.3) is 0 Å². The van der Waals surface area contributed by atoms with Gasteiger partial charge < -0.3 is 15.5 Å². The molecular weight excluding hydrogens is 330 g/mol. The summed E-state index contributed by atoms with van der Waals surface area (Å²) in [7, 11) is 0. The summed E-state index contributed by atoms with van der Waals surface area (Å²) in [6, 6.07) is 15.1. The molecule has 0 aliphatic carbocycles. The van der Waals surface area contributed by atoms with Crippen LogP contribution in [0.4, 0.5) is 5.69 Å². The number of aliphatic hydroxyl groups excluding tert-OH is 1. The molecule has 21 heavy (non-hydrogen) atoms. The predicted octanol–water partition coefficient (Wildman–Crippen LogP) is 3.95. The molecule has 0 fully saturated rings. The Morgan fingerprint density at radius 3 is 2.48 bits per heavy atom. The van der Waals surface area contributed by atoms with E-state index in [1.807, 2.05) is 43.3 Å². The van der Waals surface area contributed by atoms with Gasteiger partial charge >= 0.3 is 0 Å². The number of halogens is 1. The fourth-order valence-corrected chi connectivity index (χ4v) is 2.58. The van der Waals surface area contributed by atoms with Crippen LogP contribution in [0, 0.1) is 0 Å². The lowest BCUT2D eigenvalue weighted by Crippen LogP contribution is -2.39. The van der Waals surface area contributed by atoms with Crippen LogP contribution < -0.4 is 5.32 Å². The molecule has 0 amide bonds. The highest BCUT2D eigenvalue weighted by Crippen LogP contribution is 2.23. The van der Waals surface area contributed by atoms with Crippen LogP contribution in [-0.2, 0) is 6.42 Å². The number of rotatable bonds is 6. The van der Waals surface area contributed by atoms with Gasteiger partial charge in [0, 0.05) is 10.2 Å². The smallest absolute Gasteiger partial charge is 0.115 e. The Kier molecular flexibility index (Phi) is 5.26. The second-order valence-electron chi connectivity index (χ2n) is 5.52. The van der Waals surface area contributed by atoms with Crippen molar-refractivity contribution < 1.29 is 10.2 Å². The van der Waals surface area contributed by atoms with Crippen molar-refractivity contribution in [2.24, 2.45) is 0 Å². The molecule has 0 spiro atoms. The van der Waals surface area contributed by atoms with Gasteiger partial charge in [-0.15, -0.1) is 0 Å². The first-order valence-corrected chi connectivity index (χ1v) is 7.73. The van der Waals surface area contributed by atoms with Crippen molar-refractivity contribution in [1.29, 1.82) is 0 Å². The summed E-state index contributed by atoms with van der Waals surface area (Å²) in [4.78, 5) is 0. The van der Waals surface area contributed by atoms with Crippen LogP contribution in [0.25, 0.3) is 0 Å². The van der Waals surface area contributed by atoms with Crippen molar-refractivity contribution in [2.45, 2.75) is 25.3 Å². The number of anilines is 1. The van der Waals surface area contributed by atoms with E-state index in [2.05, 4.69) is 21.2 Å². The SMILES string of the molecule is CC(CO)(CCc1ccc(O)cc1)Nc1cccc(Br)c1. The molecule has 3 nitrogen and oxygen atoms in total. The average Bonchev–Trinajstić information content (AvgIpc) is 2.47. The van der Waals surface area contributed by atoms with Crippen molar-refractivity contribution in [3.8, 4) is 5.75 Å². The quantitative estimate of drug-likeness (QED) is 0.739. The Morgan fingerprint density at radius 1 is 1.14 bits per heavy atom. The molecule has 3 N–H and O–H groups in total. The molecule has 1 atom stereocenters. The van der Waals surface area contributed by atoms with E-state index in [4.69, 9.17) is 0 Å². The highest BCUT2D eigenvalue weighted by molar-refractivity contribution is 9.10. The van der Waals surface area contributed by atoms with E-state index in [0.29, 0.717) is 0 Å². The van der Waals surface area contributed by atoms with E-state index in [-0.39, 0.29) is 12.4 Å². The van der Waals surface area contributed by atoms with Gasteiger partial charge in [-0.1, -0.05) is 34.1 Å². The van der Waals surface area contributed by atoms with Crippen molar-refractivity contribution in [1.82, 2.24) is 0 Å². The first-order valence-electron chi connectivity index (χ1n) is 6.93. The van der Waals surface area contributed by atoms with Crippen LogP contribution in [0.3, 0.4) is 0 Å². The number of hydrogen-bond acceptors (Lipinski definition) is 3. The normalized spacial score (nSPS) is 13.7. The van der Waals surface area contributed by atoms with Crippen molar-refractivity contribution in [2.75, 3.05) is 11.9 Å². The predicted molar refractivity (Wildman–Crippen MR) is 89.7 cm³/mol. The maximum absolute atomic E-state index is 9.72. The van der Waals surface area contributed by atoms with Crippen LogP contribution in [0.1, 0.15) is 18.9 Å². The third-order valence-corrected chi connectivity index (χ3v) is 4.01. The molecule has 0 bridgehead atoms. The molecular formula is C17H20BrNO2. The van der Waals surface area contributed by atoms with Gasteiger partial charge in [-0.05, 0) is 55.7 Å². The van der Waals surface area contributed by atoms with Crippen molar-refractivity contribution in [3.63, 3.8) is 0 Å². The second-order valence-corrected chi connectivity index (χ2v) is 6.44. The van der Waals surface area contributed by atoms with E-state index in [9.17, 15) is 10.2 Å². The summed E-state index contributed by atoms with van der Waals surface area (Å²) in [5.74, 6) is 0.274. The number of phenols is 1. The fourth-order valence-electron chi connectivity index (χ4n) is 2.18. The first-order chi connectivity index (χ1) is 10.0. The standard InChI is InChI=1S/C17H20BrNO2/c1-17(12-20,19-15-4-2-3-14(18)11-15)10-9-13-5-7-16(21)8-6-13/h2-8,11,19-21H,9-10,12H2,1H3. The van der Waals surface area contributed by atoms with Gasteiger partial charge in [0.15, 0.2) is 0 Å². The fraction of sp³-hybridized carbons (Fsp3) is 0.294. The maximum atomic E-state index is 9.72. The first kappa shape index (κ1) is 15.9. The van der Waals surface area contributed by atoms with E-state index in [0.717, 1.165) is 28.6 Å². The summed E-state index contributed by atoms with van der Waals surface area (Å²) in [6.45, 7) is 2.06. The van der Waals surface area contributed by atoms with Gasteiger partial charge in [0.1, 0.15) is 5.75 Å². The van der Waals surface area contributed by atoms with Gasteiger partial charge in [-0.2, -0.15) is 0 Å². The average molecular weight is 350 g/mol. The number of aromatic hydroxyl groups is 1. The van der Waals surface area contributed by atoms with Crippen molar-refractivity contribution >= 4 is 21.6 Å². The van der Waals surface area contributed by atoms with Crippen molar-refractivity contribution in [3.05, 3.63) is 58.6 Å². The minimum atomic E-state index is -0.390. The third kappa shape index (κ3) is 4.76. The molecule has 2 aromatic rings. The third-order valence-electron chi connectivity index (χ3n) is 3.52. The van der Waals surface area contributed by atoms with E-state index < -0.39 is 5.54 Å². The lowest BCUT2D eigenvalue weighted by atomic mass is 9.93. The Morgan fingerprint density at radius 2 is 1.86 bits per heavy atom. The summed E-state index contributed by atoms with van der Waals surface area (Å²) in [5, 5.41) is 22.4. The summed E-state index contributed by atoms with van der Waals surface area (Å²) in [6.07, 6.45) is 1.62. The molecule has 0 radical (unpaired) electrons. The monoisotopic (exact) mass is 349 g/mol. The zero-order valence-corrected chi connectivity index (χ0v) is 13.6. The van der Waals surface area contributed by atoms with Crippen LogP contribution in [-0.4, -0.2) is 22.4 Å². The van der Waals surface area contributed by atoms with E-state index >= 15 is 0 Å². The number of benzene rings is 2. The minimum absolute atomic E-state index is 0.0532. The molecule has 0 aliphatic heterocycles. The molecule has 112 valence electrons. The number of nitrogens with one attached hydrogen (secondary N) is 1. The van der Waals surface area contributed by atoms with E-state index in [1.165, 1.54) is 0 Å². The lowest BCUT2D eigenvalue weighted by Gasteiger charge is -2.30.